The maximum atomic E-state index is 12.6. The van der Waals surface area contributed by atoms with Crippen molar-refractivity contribution in [3.8, 4) is 5.75 Å². The lowest BCUT2D eigenvalue weighted by molar-refractivity contribution is -0.122. The van der Waals surface area contributed by atoms with Crippen molar-refractivity contribution in [3.63, 3.8) is 0 Å². The van der Waals surface area contributed by atoms with Crippen LogP contribution in [0.5, 0.6) is 5.75 Å². The van der Waals surface area contributed by atoms with Crippen LogP contribution in [0.3, 0.4) is 0 Å². The molecule has 0 saturated carbocycles. The number of ketones is 1. The Kier molecular flexibility index (Phi) is 5.02. The molecule has 2 amide bonds. The van der Waals surface area contributed by atoms with Crippen molar-refractivity contribution in [1.29, 1.82) is 0 Å². The van der Waals surface area contributed by atoms with Crippen LogP contribution in [0.25, 0.3) is 0 Å². The van der Waals surface area contributed by atoms with E-state index in [1.165, 1.54) is 14.0 Å². The van der Waals surface area contributed by atoms with Crippen molar-refractivity contribution >= 4 is 29.0 Å². The predicted molar refractivity (Wildman–Crippen MR) is 98.5 cm³/mol. The molecule has 0 aromatic heterocycles. The fraction of sp³-hybridized carbons (Fsp3) is 0.250. The van der Waals surface area contributed by atoms with Gasteiger partial charge in [0, 0.05) is 24.2 Å². The standard InChI is InChI=1S/C20H20N2O4/c1-13(23)14-7-9-16(10-8-14)22-12-15(11-19(22)24)20(25)21-17-5-3-4-6-18(17)26-2/h3-10,15H,11-12H2,1-2H3,(H,21,25). The highest BCUT2D eigenvalue weighted by molar-refractivity contribution is 6.04. The highest BCUT2D eigenvalue weighted by atomic mass is 16.5. The van der Waals surface area contributed by atoms with E-state index < -0.39 is 5.92 Å². The van der Waals surface area contributed by atoms with Crippen molar-refractivity contribution in [2.24, 2.45) is 5.92 Å². The maximum absolute atomic E-state index is 12.6. The van der Waals surface area contributed by atoms with Crippen molar-refractivity contribution in [3.05, 3.63) is 54.1 Å². The van der Waals surface area contributed by atoms with Crippen molar-refractivity contribution in [2.45, 2.75) is 13.3 Å². The van der Waals surface area contributed by atoms with E-state index in [1.807, 2.05) is 6.07 Å². The first-order chi connectivity index (χ1) is 12.5. The minimum Gasteiger partial charge on any atom is -0.495 e. The Balaban J connectivity index is 1.70. The molecule has 1 fully saturated rings. The predicted octanol–water partition coefficient (Wildman–Crippen LogP) is 2.89. The summed E-state index contributed by atoms with van der Waals surface area (Å²) in [4.78, 5) is 37.8. The Morgan fingerprint density at radius 2 is 1.81 bits per heavy atom. The minimum absolute atomic E-state index is 0.0293. The van der Waals surface area contributed by atoms with Gasteiger partial charge in [0.05, 0.1) is 18.7 Å². The molecule has 1 heterocycles. The molecule has 3 rings (SSSR count). The van der Waals surface area contributed by atoms with Gasteiger partial charge < -0.3 is 15.0 Å². The topological polar surface area (TPSA) is 75.7 Å². The summed E-state index contributed by atoms with van der Waals surface area (Å²) in [5, 5.41) is 2.83. The average Bonchev–Trinajstić information content (AvgIpc) is 3.04. The second-order valence-corrected chi connectivity index (χ2v) is 6.20. The number of hydrogen-bond acceptors (Lipinski definition) is 4. The van der Waals surface area contributed by atoms with Gasteiger partial charge in [0.2, 0.25) is 11.8 Å². The Hall–Kier alpha value is -3.15. The fourth-order valence-electron chi connectivity index (χ4n) is 2.99. The molecule has 1 aliphatic rings. The van der Waals surface area contributed by atoms with Crippen LogP contribution in [-0.2, 0) is 9.59 Å². The summed E-state index contributed by atoms with van der Waals surface area (Å²) in [6, 6.07) is 14.0. The molecule has 1 atom stereocenters. The summed E-state index contributed by atoms with van der Waals surface area (Å²) in [6.45, 7) is 1.80. The molecular formula is C20H20N2O4. The Morgan fingerprint density at radius 1 is 1.12 bits per heavy atom. The molecule has 0 aliphatic carbocycles. The molecule has 1 saturated heterocycles. The lowest BCUT2D eigenvalue weighted by Crippen LogP contribution is -2.28. The minimum atomic E-state index is -0.445. The zero-order valence-electron chi connectivity index (χ0n) is 14.7. The van der Waals surface area contributed by atoms with Crippen LogP contribution < -0.4 is 15.0 Å². The van der Waals surface area contributed by atoms with Gasteiger partial charge in [0.1, 0.15) is 5.75 Å². The smallest absolute Gasteiger partial charge is 0.229 e. The second-order valence-electron chi connectivity index (χ2n) is 6.20. The first-order valence-electron chi connectivity index (χ1n) is 8.35. The first-order valence-corrected chi connectivity index (χ1v) is 8.35. The summed E-state index contributed by atoms with van der Waals surface area (Å²) >= 11 is 0. The molecule has 6 heteroatoms. The molecule has 2 aromatic rings. The highest BCUT2D eigenvalue weighted by Crippen LogP contribution is 2.28. The Labute approximate surface area is 151 Å². The van der Waals surface area contributed by atoms with Gasteiger partial charge in [-0.3, -0.25) is 14.4 Å². The maximum Gasteiger partial charge on any atom is 0.229 e. The SMILES string of the molecule is COc1ccccc1NC(=O)C1CC(=O)N(c2ccc(C(C)=O)cc2)C1. The normalized spacial score (nSPS) is 16.5. The Morgan fingerprint density at radius 3 is 2.46 bits per heavy atom. The third kappa shape index (κ3) is 3.59. The first kappa shape index (κ1) is 17.7. The number of methoxy groups -OCH3 is 1. The number of Topliss-reactive ketones (excluding diaryl/α,β-unsaturated/α-hetero) is 1. The monoisotopic (exact) mass is 352 g/mol. The van der Waals surface area contributed by atoms with Crippen molar-refractivity contribution < 1.29 is 19.1 Å². The molecule has 0 spiro atoms. The molecule has 0 bridgehead atoms. The van der Waals surface area contributed by atoms with Crippen molar-refractivity contribution in [1.82, 2.24) is 0 Å². The van der Waals surface area contributed by atoms with Crippen LogP contribution in [0, 0.1) is 5.92 Å². The average molecular weight is 352 g/mol. The summed E-state index contributed by atoms with van der Waals surface area (Å²) in [6.07, 6.45) is 0.148. The number of carbonyl (C=O) groups excluding carboxylic acids is 3. The molecule has 1 N–H and O–H groups in total. The number of benzene rings is 2. The molecule has 1 unspecified atom stereocenters. The number of para-hydroxylation sites is 2. The number of carbonyl (C=O) groups is 3. The van der Waals surface area contributed by atoms with Crippen LogP contribution in [0.1, 0.15) is 23.7 Å². The number of nitrogens with zero attached hydrogens (tertiary/aromatic N) is 1. The summed E-state index contributed by atoms with van der Waals surface area (Å²) in [5.74, 6) is -0.230. The lowest BCUT2D eigenvalue weighted by atomic mass is 10.1. The number of nitrogens with one attached hydrogen (secondary N) is 1. The van der Waals surface area contributed by atoms with Gasteiger partial charge >= 0.3 is 0 Å². The molecule has 2 aromatic carbocycles. The molecule has 0 radical (unpaired) electrons. The molecule has 134 valence electrons. The van der Waals surface area contributed by atoms with Gasteiger partial charge in [-0.05, 0) is 43.3 Å². The van der Waals surface area contributed by atoms with Crippen LogP contribution in [-0.4, -0.2) is 31.3 Å². The second kappa shape index (κ2) is 7.39. The molecule has 1 aliphatic heterocycles. The summed E-state index contributed by atoms with van der Waals surface area (Å²) in [5.41, 5.74) is 1.86. The van der Waals surface area contributed by atoms with Crippen LogP contribution in [0.2, 0.25) is 0 Å². The fourth-order valence-corrected chi connectivity index (χ4v) is 2.99. The van der Waals surface area contributed by atoms with E-state index in [1.54, 1.807) is 47.4 Å². The van der Waals surface area contributed by atoms with Crippen LogP contribution in [0.15, 0.2) is 48.5 Å². The van der Waals surface area contributed by atoms with E-state index in [0.29, 0.717) is 29.2 Å². The van der Waals surface area contributed by atoms with Gasteiger partial charge in [-0.15, -0.1) is 0 Å². The third-order valence-corrected chi connectivity index (χ3v) is 4.45. The van der Waals surface area contributed by atoms with Crippen LogP contribution in [0.4, 0.5) is 11.4 Å². The van der Waals surface area contributed by atoms with Gasteiger partial charge in [-0.1, -0.05) is 12.1 Å². The lowest BCUT2D eigenvalue weighted by Gasteiger charge is -2.17. The van der Waals surface area contributed by atoms with Gasteiger partial charge in [-0.2, -0.15) is 0 Å². The zero-order valence-corrected chi connectivity index (χ0v) is 14.7. The van der Waals surface area contributed by atoms with Crippen molar-refractivity contribution in [2.75, 3.05) is 23.9 Å². The van der Waals surface area contributed by atoms with E-state index in [4.69, 9.17) is 4.74 Å². The number of hydrogen-bond donors (Lipinski definition) is 1. The van der Waals surface area contributed by atoms with Gasteiger partial charge in [0.25, 0.3) is 0 Å². The zero-order chi connectivity index (χ0) is 18.7. The van der Waals surface area contributed by atoms with E-state index >= 15 is 0 Å². The highest BCUT2D eigenvalue weighted by Gasteiger charge is 2.35. The van der Waals surface area contributed by atoms with Gasteiger partial charge in [-0.25, -0.2) is 0 Å². The molecule has 26 heavy (non-hydrogen) atoms. The largest absolute Gasteiger partial charge is 0.495 e. The number of rotatable bonds is 5. The van der Waals surface area contributed by atoms with E-state index in [2.05, 4.69) is 5.32 Å². The quantitative estimate of drug-likeness (QED) is 0.840. The third-order valence-electron chi connectivity index (χ3n) is 4.45. The summed E-state index contributed by atoms with van der Waals surface area (Å²) in [7, 11) is 1.54. The molecular weight excluding hydrogens is 332 g/mol. The Bertz CT molecular complexity index is 845. The van der Waals surface area contributed by atoms with Crippen LogP contribution >= 0.6 is 0 Å². The summed E-state index contributed by atoms with van der Waals surface area (Å²) < 4.78 is 5.23. The number of anilines is 2. The van der Waals surface area contributed by atoms with E-state index in [9.17, 15) is 14.4 Å². The van der Waals surface area contributed by atoms with Gasteiger partial charge in [0.15, 0.2) is 5.78 Å². The number of amides is 2. The molecule has 6 nitrogen and oxygen atoms in total. The van der Waals surface area contributed by atoms with E-state index in [0.717, 1.165) is 0 Å². The number of ether oxygens (including phenoxy) is 1. The van der Waals surface area contributed by atoms with E-state index in [-0.39, 0.29) is 24.0 Å².